The highest BCUT2D eigenvalue weighted by atomic mass is 32.1. The summed E-state index contributed by atoms with van der Waals surface area (Å²) in [4.78, 5) is 11.6. The summed E-state index contributed by atoms with van der Waals surface area (Å²) in [5.41, 5.74) is 2.06. The number of pyridine rings is 1. The topological polar surface area (TPSA) is 50.3 Å². The first-order chi connectivity index (χ1) is 11.3. The number of nitrogens with zero attached hydrogens (tertiary/aromatic N) is 3. The largest absolute Gasteiger partial charge is 0.497 e. The molecule has 23 heavy (non-hydrogen) atoms. The molecule has 4 rings (SSSR count). The molecule has 1 fully saturated rings. The predicted molar refractivity (Wildman–Crippen MR) is 94.5 cm³/mol. The lowest BCUT2D eigenvalue weighted by Crippen LogP contribution is -2.43. The summed E-state index contributed by atoms with van der Waals surface area (Å²) in [5, 5.41) is 4.35. The van der Waals surface area contributed by atoms with Crippen molar-refractivity contribution in [2.75, 3.05) is 38.2 Å². The Labute approximate surface area is 138 Å². The van der Waals surface area contributed by atoms with Gasteiger partial charge in [0, 0.05) is 37.9 Å². The van der Waals surface area contributed by atoms with Crippen molar-refractivity contribution in [3.8, 4) is 16.3 Å². The van der Waals surface area contributed by atoms with E-state index in [4.69, 9.17) is 9.72 Å². The van der Waals surface area contributed by atoms with Crippen LogP contribution in [-0.2, 0) is 0 Å². The van der Waals surface area contributed by atoms with Crippen LogP contribution < -0.4 is 15.0 Å². The van der Waals surface area contributed by atoms with Gasteiger partial charge in [-0.25, -0.2) is 9.97 Å². The number of aromatic nitrogens is 2. The third-order valence-electron chi connectivity index (χ3n) is 4.03. The molecule has 1 aliphatic heterocycles. The SMILES string of the molecule is COc1ccc2nc(-c3ccc(N4CCNCC4)nc3)sc2c1. The lowest BCUT2D eigenvalue weighted by Gasteiger charge is -2.28. The van der Waals surface area contributed by atoms with Crippen molar-refractivity contribution in [3.63, 3.8) is 0 Å². The van der Waals surface area contributed by atoms with Crippen LogP contribution in [0.2, 0.25) is 0 Å². The van der Waals surface area contributed by atoms with Gasteiger partial charge in [-0.15, -0.1) is 11.3 Å². The second-order valence-corrected chi connectivity index (χ2v) is 6.53. The summed E-state index contributed by atoms with van der Waals surface area (Å²) in [6.07, 6.45) is 1.92. The van der Waals surface area contributed by atoms with Gasteiger partial charge in [0.2, 0.25) is 0 Å². The van der Waals surface area contributed by atoms with Crippen LogP contribution in [0.3, 0.4) is 0 Å². The van der Waals surface area contributed by atoms with E-state index < -0.39 is 0 Å². The molecule has 2 aromatic heterocycles. The zero-order valence-corrected chi connectivity index (χ0v) is 13.8. The third-order valence-corrected chi connectivity index (χ3v) is 5.10. The molecule has 5 nitrogen and oxygen atoms in total. The average Bonchev–Trinajstić information content (AvgIpc) is 3.05. The zero-order valence-electron chi connectivity index (χ0n) is 13.0. The maximum absolute atomic E-state index is 5.28. The van der Waals surface area contributed by atoms with Crippen molar-refractivity contribution in [1.29, 1.82) is 0 Å². The second-order valence-electron chi connectivity index (χ2n) is 5.49. The minimum absolute atomic E-state index is 0.861. The molecule has 0 saturated carbocycles. The fourth-order valence-corrected chi connectivity index (χ4v) is 3.73. The van der Waals surface area contributed by atoms with Gasteiger partial charge in [0.05, 0.1) is 17.3 Å². The molecule has 1 saturated heterocycles. The molecule has 3 heterocycles. The minimum Gasteiger partial charge on any atom is -0.497 e. The van der Waals surface area contributed by atoms with Gasteiger partial charge in [-0.3, -0.25) is 0 Å². The molecule has 1 aromatic carbocycles. The van der Waals surface area contributed by atoms with Gasteiger partial charge in [-0.1, -0.05) is 0 Å². The summed E-state index contributed by atoms with van der Waals surface area (Å²) >= 11 is 1.67. The van der Waals surface area contributed by atoms with Crippen LogP contribution in [0.5, 0.6) is 5.75 Å². The van der Waals surface area contributed by atoms with Gasteiger partial charge >= 0.3 is 0 Å². The minimum atomic E-state index is 0.861. The lowest BCUT2D eigenvalue weighted by atomic mass is 10.2. The Morgan fingerprint density at radius 1 is 1.17 bits per heavy atom. The van der Waals surface area contributed by atoms with E-state index >= 15 is 0 Å². The van der Waals surface area contributed by atoms with Gasteiger partial charge in [-0.2, -0.15) is 0 Å². The number of rotatable bonds is 3. The Morgan fingerprint density at radius 3 is 2.78 bits per heavy atom. The Balaban J connectivity index is 1.62. The summed E-state index contributed by atoms with van der Waals surface area (Å²) in [6, 6.07) is 10.2. The zero-order chi connectivity index (χ0) is 15.6. The highest BCUT2D eigenvalue weighted by Gasteiger charge is 2.12. The van der Waals surface area contributed by atoms with Crippen molar-refractivity contribution in [2.45, 2.75) is 0 Å². The molecule has 6 heteroatoms. The van der Waals surface area contributed by atoms with Gasteiger partial charge in [-0.05, 0) is 30.3 Å². The van der Waals surface area contributed by atoms with Crippen LogP contribution in [0, 0.1) is 0 Å². The van der Waals surface area contributed by atoms with E-state index in [0.717, 1.165) is 58.5 Å². The van der Waals surface area contributed by atoms with Crippen molar-refractivity contribution in [2.24, 2.45) is 0 Å². The summed E-state index contributed by atoms with van der Waals surface area (Å²) in [5.74, 6) is 1.90. The molecule has 118 valence electrons. The first-order valence-corrected chi connectivity index (χ1v) is 8.52. The van der Waals surface area contributed by atoms with Gasteiger partial charge < -0.3 is 15.0 Å². The van der Waals surface area contributed by atoms with Crippen LogP contribution in [0.1, 0.15) is 0 Å². The molecular formula is C17H18N4OS. The van der Waals surface area contributed by atoms with Gasteiger partial charge in [0.15, 0.2) is 0 Å². The maximum Gasteiger partial charge on any atom is 0.128 e. The van der Waals surface area contributed by atoms with E-state index in [0.29, 0.717) is 0 Å². The van der Waals surface area contributed by atoms with E-state index in [1.807, 2.05) is 24.4 Å². The normalized spacial score (nSPS) is 15.1. The lowest BCUT2D eigenvalue weighted by molar-refractivity contribution is 0.415. The van der Waals surface area contributed by atoms with E-state index in [-0.39, 0.29) is 0 Å². The number of anilines is 1. The molecule has 0 atom stereocenters. The highest BCUT2D eigenvalue weighted by Crippen LogP contribution is 2.32. The fourth-order valence-electron chi connectivity index (χ4n) is 2.75. The first kappa shape index (κ1) is 14.4. The standard InChI is InChI=1S/C17H18N4OS/c1-22-13-3-4-14-15(10-13)23-17(20-14)12-2-5-16(19-11-12)21-8-6-18-7-9-21/h2-5,10-11,18H,6-9H2,1H3. The van der Waals surface area contributed by atoms with Crippen molar-refractivity contribution in [3.05, 3.63) is 36.5 Å². The molecule has 0 bridgehead atoms. The molecular weight excluding hydrogens is 308 g/mol. The van der Waals surface area contributed by atoms with Gasteiger partial charge in [0.25, 0.3) is 0 Å². The van der Waals surface area contributed by atoms with Crippen molar-refractivity contribution >= 4 is 27.4 Å². The van der Waals surface area contributed by atoms with Crippen LogP contribution in [0.15, 0.2) is 36.5 Å². The molecule has 0 amide bonds. The van der Waals surface area contributed by atoms with Crippen LogP contribution in [0.4, 0.5) is 5.82 Å². The fraction of sp³-hybridized carbons (Fsp3) is 0.294. The predicted octanol–water partition coefficient (Wildman–Crippen LogP) is 2.78. The summed E-state index contributed by atoms with van der Waals surface area (Å²) in [6.45, 7) is 4.05. The van der Waals surface area contributed by atoms with E-state index in [2.05, 4.69) is 27.3 Å². The number of piperazine rings is 1. The Bertz CT molecular complexity index is 809. The van der Waals surface area contributed by atoms with E-state index in [1.165, 1.54) is 0 Å². The Kier molecular flexibility index (Phi) is 3.85. The number of hydrogen-bond acceptors (Lipinski definition) is 6. The smallest absolute Gasteiger partial charge is 0.128 e. The number of ether oxygens (including phenoxy) is 1. The van der Waals surface area contributed by atoms with E-state index in [9.17, 15) is 0 Å². The Hall–Kier alpha value is -2.18. The number of nitrogens with one attached hydrogen (secondary N) is 1. The number of methoxy groups -OCH3 is 1. The molecule has 1 aliphatic rings. The first-order valence-electron chi connectivity index (χ1n) is 7.70. The molecule has 0 radical (unpaired) electrons. The average molecular weight is 326 g/mol. The number of thiazole rings is 1. The molecule has 0 spiro atoms. The quantitative estimate of drug-likeness (QED) is 0.802. The monoisotopic (exact) mass is 326 g/mol. The maximum atomic E-state index is 5.28. The molecule has 1 N–H and O–H groups in total. The number of fused-ring (bicyclic) bond motifs is 1. The number of hydrogen-bond donors (Lipinski definition) is 1. The van der Waals surface area contributed by atoms with Crippen LogP contribution in [-0.4, -0.2) is 43.3 Å². The molecule has 3 aromatic rings. The van der Waals surface area contributed by atoms with Crippen molar-refractivity contribution < 1.29 is 4.74 Å². The molecule has 0 aliphatic carbocycles. The summed E-state index contributed by atoms with van der Waals surface area (Å²) < 4.78 is 6.41. The molecule has 0 unspecified atom stereocenters. The van der Waals surface area contributed by atoms with Crippen LogP contribution in [0.25, 0.3) is 20.8 Å². The van der Waals surface area contributed by atoms with Crippen LogP contribution >= 0.6 is 11.3 Å². The summed E-state index contributed by atoms with van der Waals surface area (Å²) in [7, 11) is 1.68. The third kappa shape index (κ3) is 2.87. The number of benzene rings is 1. The second kappa shape index (κ2) is 6.14. The van der Waals surface area contributed by atoms with Gasteiger partial charge in [0.1, 0.15) is 16.6 Å². The van der Waals surface area contributed by atoms with E-state index in [1.54, 1.807) is 18.4 Å². The van der Waals surface area contributed by atoms with Crippen molar-refractivity contribution in [1.82, 2.24) is 15.3 Å². The highest BCUT2D eigenvalue weighted by molar-refractivity contribution is 7.21. The Morgan fingerprint density at radius 2 is 2.04 bits per heavy atom.